The Balaban J connectivity index is 2.49. The number of benzene rings is 1. The van der Waals surface area contributed by atoms with Crippen molar-refractivity contribution in [3.8, 4) is 17.0 Å². The number of ether oxygens (including phenoxy) is 1. The maximum Gasteiger partial charge on any atom is 0.184 e. The van der Waals surface area contributed by atoms with Crippen molar-refractivity contribution >= 4 is 22.9 Å². The first-order chi connectivity index (χ1) is 8.15. The van der Waals surface area contributed by atoms with Crippen LogP contribution in [0.3, 0.4) is 0 Å². The minimum atomic E-state index is -0.474. The average Bonchev–Trinajstić information content (AvgIpc) is 2.70. The van der Waals surface area contributed by atoms with Crippen molar-refractivity contribution in [1.82, 2.24) is 4.98 Å². The van der Waals surface area contributed by atoms with Crippen molar-refractivity contribution in [3.63, 3.8) is 0 Å². The Hall–Kier alpha value is -1.17. The van der Waals surface area contributed by atoms with E-state index in [1.54, 1.807) is 6.07 Å². The second-order valence-corrected chi connectivity index (χ2v) is 4.91. The zero-order valence-electron chi connectivity index (χ0n) is 8.91. The Kier molecular flexibility index (Phi) is 3.61. The van der Waals surface area contributed by atoms with Crippen molar-refractivity contribution in [1.29, 1.82) is 0 Å². The molecule has 1 N–H and O–H groups in total. The highest BCUT2D eigenvalue weighted by Gasteiger charge is 2.13. The van der Waals surface area contributed by atoms with Gasteiger partial charge in [-0.25, -0.2) is 9.37 Å². The SMILES string of the molecule is COc1ccc(-c2nc(Cl)sc2CO)cc1F. The fourth-order valence-corrected chi connectivity index (χ4v) is 2.50. The summed E-state index contributed by atoms with van der Waals surface area (Å²) in [4.78, 5) is 4.68. The van der Waals surface area contributed by atoms with Gasteiger partial charge in [-0.15, -0.1) is 11.3 Å². The van der Waals surface area contributed by atoms with Crippen LogP contribution in [0, 0.1) is 5.82 Å². The van der Waals surface area contributed by atoms with Crippen molar-refractivity contribution in [3.05, 3.63) is 33.4 Å². The van der Waals surface area contributed by atoms with Gasteiger partial charge in [-0.2, -0.15) is 0 Å². The van der Waals surface area contributed by atoms with Crippen LogP contribution in [0.5, 0.6) is 5.75 Å². The number of aromatic nitrogens is 1. The lowest BCUT2D eigenvalue weighted by Crippen LogP contribution is -1.90. The second kappa shape index (κ2) is 5.00. The van der Waals surface area contributed by atoms with Gasteiger partial charge < -0.3 is 9.84 Å². The van der Waals surface area contributed by atoms with E-state index < -0.39 is 5.82 Å². The van der Waals surface area contributed by atoms with Crippen molar-refractivity contribution in [2.75, 3.05) is 7.11 Å². The molecule has 0 radical (unpaired) electrons. The Bertz CT molecular complexity index is 544. The van der Waals surface area contributed by atoms with Crippen molar-refractivity contribution in [2.24, 2.45) is 0 Å². The summed E-state index contributed by atoms with van der Waals surface area (Å²) in [5, 5.41) is 9.16. The quantitative estimate of drug-likeness (QED) is 0.934. The monoisotopic (exact) mass is 273 g/mol. The number of aliphatic hydroxyl groups excluding tert-OH is 1. The van der Waals surface area contributed by atoms with E-state index in [-0.39, 0.29) is 12.4 Å². The summed E-state index contributed by atoms with van der Waals surface area (Å²) in [5.41, 5.74) is 1.07. The molecule has 0 atom stereocenters. The van der Waals surface area contributed by atoms with Crippen LogP contribution >= 0.6 is 22.9 Å². The van der Waals surface area contributed by atoms with Crippen LogP contribution in [-0.4, -0.2) is 17.2 Å². The van der Waals surface area contributed by atoms with Crippen molar-refractivity contribution in [2.45, 2.75) is 6.61 Å². The van der Waals surface area contributed by atoms with E-state index >= 15 is 0 Å². The fraction of sp³-hybridized carbons (Fsp3) is 0.182. The van der Waals surface area contributed by atoms with Crippen LogP contribution in [0.25, 0.3) is 11.3 Å². The van der Waals surface area contributed by atoms with Crippen LogP contribution in [-0.2, 0) is 6.61 Å². The van der Waals surface area contributed by atoms with Gasteiger partial charge in [0, 0.05) is 5.56 Å². The molecule has 1 aromatic carbocycles. The maximum atomic E-state index is 13.5. The molecule has 0 aliphatic heterocycles. The molecule has 0 saturated carbocycles. The molecule has 0 bridgehead atoms. The summed E-state index contributed by atoms with van der Waals surface area (Å²) in [6, 6.07) is 4.49. The normalized spacial score (nSPS) is 10.6. The van der Waals surface area contributed by atoms with E-state index in [1.807, 2.05) is 0 Å². The first kappa shape index (κ1) is 12.3. The second-order valence-electron chi connectivity index (χ2n) is 3.25. The largest absolute Gasteiger partial charge is 0.494 e. The number of hydrogen-bond donors (Lipinski definition) is 1. The Labute approximate surface area is 106 Å². The van der Waals surface area contributed by atoms with Gasteiger partial charge in [-0.1, -0.05) is 11.6 Å². The molecular weight excluding hydrogens is 265 g/mol. The van der Waals surface area contributed by atoms with E-state index in [4.69, 9.17) is 21.4 Å². The van der Waals surface area contributed by atoms with Gasteiger partial charge in [0.25, 0.3) is 0 Å². The minimum Gasteiger partial charge on any atom is -0.494 e. The van der Waals surface area contributed by atoms with E-state index in [0.717, 1.165) is 0 Å². The summed E-state index contributed by atoms with van der Waals surface area (Å²) in [5.74, 6) is -0.307. The van der Waals surface area contributed by atoms with Gasteiger partial charge in [-0.3, -0.25) is 0 Å². The van der Waals surface area contributed by atoms with Crippen LogP contribution in [0.2, 0.25) is 4.47 Å². The molecule has 1 aromatic heterocycles. The van der Waals surface area contributed by atoms with Crippen LogP contribution in [0.1, 0.15) is 4.88 Å². The van der Waals surface area contributed by atoms with Gasteiger partial charge in [-0.05, 0) is 18.2 Å². The third kappa shape index (κ3) is 2.41. The molecule has 17 heavy (non-hydrogen) atoms. The lowest BCUT2D eigenvalue weighted by molar-refractivity contribution is 0.286. The summed E-state index contributed by atoms with van der Waals surface area (Å²) < 4.78 is 18.7. The molecule has 2 aromatic rings. The lowest BCUT2D eigenvalue weighted by Gasteiger charge is -2.04. The highest BCUT2D eigenvalue weighted by Crippen LogP contribution is 2.32. The third-order valence-electron chi connectivity index (χ3n) is 2.24. The Morgan fingerprint density at radius 3 is 2.88 bits per heavy atom. The molecule has 0 unspecified atom stereocenters. The van der Waals surface area contributed by atoms with Gasteiger partial charge in [0.1, 0.15) is 0 Å². The molecule has 0 fully saturated rings. The minimum absolute atomic E-state index is 0.167. The molecule has 3 nitrogen and oxygen atoms in total. The van der Waals surface area contributed by atoms with Crippen molar-refractivity contribution < 1.29 is 14.2 Å². The van der Waals surface area contributed by atoms with Gasteiger partial charge in [0.15, 0.2) is 16.0 Å². The molecule has 0 aliphatic rings. The Morgan fingerprint density at radius 2 is 2.29 bits per heavy atom. The smallest absolute Gasteiger partial charge is 0.184 e. The maximum absolute atomic E-state index is 13.5. The number of hydrogen-bond acceptors (Lipinski definition) is 4. The molecule has 90 valence electrons. The summed E-state index contributed by atoms with van der Waals surface area (Å²) in [6.45, 7) is -0.173. The third-order valence-corrected chi connectivity index (χ3v) is 3.38. The van der Waals surface area contributed by atoms with E-state index in [0.29, 0.717) is 20.6 Å². The van der Waals surface area contributed by atoms with Gasteiger partial charge >= 0.3 is 0 Å². The molecule has 0 spiro atoms. The molecule has 2 rings (SSSR count). The number of thiazole rings is 1. The van der Waals surface area contributed by atoms with Crippen LogP contribution in [0.4, 0.5) is 4.39 Å². The fourth-order valence-electron chi connectivity index (χ4n) is 1.47. The molecule has 1 heterocycles. The predicted octanol–water partition coefficient (Wildman–Crippen LogP) is 3.10. The summed E-state index contributed by atoms with van der Waals surface area (Å²) in [6.07, 6.45) is 0. The standard InChI is InChI=1S/C11H9ClFNO2S/c1-16-8-3-2-6(4-7(8)13)10-9(5-15)17-11(12)14-10/h2-4,15H,5H2,1H3. The number of methoxy groups -OCH3 is 1. The molecular formula is C11H9ClFNO2S. The van der Waals surface area contributed by atoms with Crippen LogP contribution in [0.15, 0.2) is 18.2 Å². The number of aliphatic hydroxyl groups is 1. The summed E-state index contributed by atoms with van der Waals surface area (Å²) >= 11 is 6.95. The topological polar surface area (TPSA) is 42.4 Å². The zero-order chi connectivity index (χ0) is 12.4. The van der Waals surface area contributed by atoms with Crippen LogP contribution < -0.4 is 4.74 Å². The van der Waals surface area contributed by atoms with E-state index in [2.05, 4.69) is 4.98 Å². The molecule has 6 heteroatoms. The lowest BCUT2D eigenvalue weighted by atomic mass is 10.1. The molecule has 0 saturated heterocycles. The Morgan fingerprint density at radius 1 is 1.53 bits per heavy atom. The zero-order valence-corrected chi connectivity index (χ0v) is 10.5. The van der Waals surface area contributed by atoms with Gasteiger partial charge in [0.2, 0.25) is 0 Å². The van der Waals surface area contributed by atoms with E-state index in [1.165, 1.54) is 30.6 Å². The molecule has 0 amide bonds. The molecule has 0 aliphatic carbocycles. The van der Waals surface area contributed by atoms with Gasteiger partial charge in [0.05, 0.1) is 24.3 Å². The highest BCUT2D eigenvalue weighted by molar-refractivity contribution is 7.16. The predicted molar refractivity (Wildman–Crippen MR) is 65.0 cm³/mol. The number of rotatable bonds is 3. The first-order valence-electron chi connectivity index (χ1n) is 4.75. The average molecular weight is 274 g/mol. The highest BCUT2D eigenvalue weighted by atomic mass is 35.5. The van der Waals surface area contributed by atoms with E-state index in [9.17, 15) is 4.39 Å². The summed E-state index contributed by atoms with van der Waals surface area (Å²) in [7, 11) is 1.40. The number of halogens is 2. The number of nitrogens with zero attached hydrogens (tertiary/aromatic N) is 1. The first-order valence-corrected chi connectivity index (χ1v) is 5.95.